The molecule has 2 aromatic carbocycles. The van der Waals surface area contributed by atoms with Crippen LogP contribution in [0.2, 0.25) is 0 Å². The van der Waals surface area contributed by atoms with E-state index in [0.717, 1.165) is 11.0 Å². The molecule has 0 bridgehead atoms. The first kappa shape index (κ1) is 15.7. The molecule has 1 amide bonds. The summed E-state index contributed by atoms with van der Waals surface area (Å²) in [5.41, 5.74) is 4.46. The fraction of sp³-hybridized carbons (Fsp3) is 0.111. The first-order valence-corrected chi connectivity index (χ1v) is 7.43. The number of anilines is 1. The first-order chi connectivity index (χ1) is 11.6. The minimum absolute atomic E-state index is 0.0303. The highest BCUT2D eigenvalue weighted by atomic mass is 19.1. The Morgan fingerprint density at radius 1 is 1.17 bits per heavy atom. The maximum absolute atomic E-state index is 12.8. The second kappa shape index (κ2) is 6.95. The molecule has 0 fully saturated rings. The lowest BCUT2D eigenvalue weighted by Crippen LogP contribution is -2.26. The number of nitrogens with one attached hydrogen (secondary N) is 2. The Bertz CT molecular complexity index is 852. The third-order valence-corrected chi connectivity index (χ3v) is 3.43. The van der Waals surface area contributed by atoms with E-state index in [4.69, 9.17) is 4.42 Å². The lowest BCUT2D eigenvalue weighted by Gasteiger charge is -2.05. The monoisotopic (exact) mass is 325 g/mol. The number of carbonyl (C=O) groups is 1. The molecule has 1 heterocycles. The number of carbonyl (C=O) groups excluding carboxylic acids is 1. The molecule has 3 rings (SSSR count). The number of halogens is 1. The van der Waals surface area contributed by atoms with Crippen LogP contribution < -0.4 is 10.7 Å². The van der Waals surface area contributed by atoms with E-state index in [0.29, 0.717) is 17.2 Å². The first-order valence-electron chi connectivity index (χ1n) is 7.43. The van der Waals surface area contributed by atoms with Gasteiger partial charge in [0.2, 0.25) is 0 Å². The van der Waals surface area contributed by atoms with Gasteiger partial charge in [-0.15, -0.1) is 0 Å². The van der Waals surface area contributed by atoms with Gasteiger partial charge in [0.05, 0.1) is 6.54 Å². The number of hydrogen-bond donors (Lipinski definition) is 2. The number of fused-ring (bicyclic) bond motifs is 1. The molecular weight excluding hydrogens is 309 g/mol. The Labute approximate surface area is 138 Å². The molecular formula is C18H16FN3O2. The maximum atomic E-state index is 12.8. The highest BCUT2D eigenvalue weighted by molar-refractivity contribution is 6.00. The van der Waals surface area contributed by atoms with E-state index in [1.54, 1.807) is 19.1 Å². The van der Waals surface area contributed by atoms with Crippen molar-refractivity contribution in [1.82, 2.24) is 5.43 Å². The van der Waals surface area contributed by atoms with E-state index in [1.165, 1.54) is 12.1 Å². The van der Waals surface area contributed by atoms with Crippen molar-refractivity contribution in [2.75, 3.05) is 11.9 Å². The molecule has 0 unspecified atom stereocenters. The molecule has 0 aliphatic rings. The highest BCUT2D eigenvalue weighted by Gasteiger charge is 2.07. The predicted octanol–water partition coefficient (Wildman–Crippen LogP) is 3.52. The maximum Gasteiger partial charge on any atom is 0.259 e. The number of nitrogens with zero attached hydrogens (tertiary/aromatic N) is 1. The minimum Gasteiger partial charge on any atom is -0.455 e. The lowest BCUT2D eigenvalue weighted by atomic mass is 10.2. The van der Waals surface area contributed by atoms with Crippen molar-refractivity contribution in [3.63, 3.8) is 0 Å². The molecule has 0 spiro atoms. The zero-order valence-corrected chi connectivity index (χ0v) is 13.0. The molecule has 2 N–H and O–H groups in total. The molecule has 5 nitrogen and oxygen atoms in total. The second-order valence-electron chi connectivity index (χ2n) is 5.24. The summed E-state index contributed by atoms with van der Waals surface area (Å²) >= 11 is 0. The standard InChI is InChI=1S/C18H16FN3O2/c1-12(17-10-13-4-2-3-5-16(13)24-17)21-22-18(23)11-20-15-8-6-14(19)7-9-15/h2-10,20H,11H2,1H3,(H,22,23)/b21-12-. The van der Waals surface area contributed by atoms with Gasteiger partial charge in [0.25, 0.3) is 5.91 Å². The summed E-state index contributed by atoms with van der Waals surface area (Å²) < 4.78 is 18.5. The molecule has 0 saturated heterocycles. The van der Waals surface area contributed by atoms with Gasteiger partial charge >= 0.3 is 0 Å². The zero-order chi connectivity index (χ0) is 16.9. The molecule has 0 saturated carbocycles. The van der Waals surface area contributed by atoms with Gasteiger partial charge in [0.15, 0.2) is 5.76 Å². The summed E-state index contributed by atoms with van der Waals surface area (Å²) in [6, 6.07) is 15.3. The third-order valence-electron chi connectivity index (χ3n) is 3.43. The molecule has 0 atom stereocenters. The summed E-state index contributed by atoms with van der Waals surface area (Å²) in [7, 11) is 0. The number of amides is 1. The van der Waals surface area contributed by atoms with Gasteiger partial charge in [0, 0.05) is 11.1 Å². The molecule has 3 aromatic rings. The fourth-order valence-corrected chi connectivity index (χ4v) is 2.15. The SMILES string of the molecule is C/C(=N/NC(=O)CNc1ccc(F)cc1)c1cc2ccccc2o1. The van der Waals surface area contributed by atoms with Crippen molar-refractivity contribution >= 4 is 28.3 Å². The fourth-order valence-electron chi connectivity index (χ4n) is 2.15. The Kier molecular flexibility index (Phi) is 4.56. The van der Waals surface area contributed by atoms with Gasteiger partial charge in [0.1, 0.15) is 17.1 Å². The summed E-state index contributed by atoms with van der Waals surface area (Å²) in [6.45, 7) is 1.79. The van der Waals surface area contributed by atoms with E-state index in [9.17, 15) is 9.18 Å². The third kappa shape index (κ3) is 3.78. The van der Waals surface area contributed by atoms with Crippen LogP contribution >= 0.6 is 0 Å². The number of hydrogen-bond acceptors (Lipinski definition) is 4. The largest absolute Gasteiger partial charge is 0.455 e. The van der Waals surface area contributed by atoms with Crippen molar-refractivity contribution in [1.29, 1.82) is 0 Å². The van der Waals surface area contributed by atoms with Crippen LogP contribution in [0.3, 0.4) is 0 Å². The summed E-state index contributed by atoms with van der Waals surface area (Å²) in [5, 5.41) is 7.90. The van der Waals surface area contributed by atoms with Crippen molar-refractivity contribution in [2.45, 2.75) is 6.92 Å². The Morgan fingerprint density at radius 3 is 2.67 bits per heavy atom. The summed E-state index contributed by atoms with van der Waals surface area (Å²) in [5.74, 6) is -0.0335. The molecule has 1 aromatic heterocycles. The molecule has 24 heavy (non-hydrogen) atoms. The second-order valence-corrected chi connectivity index (χ2v) is 5.24. The van der Waals surface area contributed by atoms with Gasteiger partial charge in [-0.1, -0.05) is 18.2 Å². The van der Waals surface area contributed by atoms with Gasteiger partial charge in [-0.2, -0.15) is 5.10 Å². The molecule has 0 aliphatic heterocycles. The Hall–Kier alpha value is -3.15. The van der Waals surface area contributed by atoms with Crippen LogP contribution in [-0.4, -0.2) is 18.2 Å². The van der Waals surface area contributed by atoms with Gasteiger partial charge in [-0.05, 0) is 43.3 Å². The summed E-state index contributed by atoms with van der Waals surface area (Å²) in [4.78, 5) is 11.8. The Morgan fingerprint density at radius 2 is 1.92 bits per heavy atom. The van der Waals surface area contributed by atoms with Gasteiger partial charge in [-0.25, -0.2) is 9.82 Å². The predicted molar refractivity (Wildman–Crippen MR) is 91.5 cm³/mol. The van der Waals surface area contributed by atoms with Gasteiger partial charge < -0.3 is 9.73 Å². The average Bonchev–Trinajstić information content (AvgIpc) is 3.03. The average molecular weight is 325 g/mol. The van der Waals surface area contributed by atoms with Crippen LogP contribution in [0.4, 0.5) is 10.1 Å². The van der Waals surface area contributed by atoms with E-state index >= 15 is 0 Å². The van der Waals surface area contributed by atoms with E-state index in [2.05, 4.69) is 15.8 Å². The number of hydrazone groups is 1. The van der Waals surface area contributed by atoms with Crippen molar-refractivity contribution in [3.8, 4) is 0 Å². The van der Waals surface area contributed by atoms with Crippen molar-refractivity contribution in [2.24, 2.45) is 5.10 Å². The van der Waals surface area contributed by atoms with E-state index < -0.39 is 0 Å². The molecule has 0 aliphatic carbocycles. The Balaban J connectivity index is 1.57. The van der Waals surface area contributed by atoms with Crippen molar-refractivity contribution < 1.29 is 13.6 Å². The van der Waals surface area contributed by atoms with Crippen LogP contribution in [0.15, 0.2) is 64.1 Å². The van der Waals surface area contributed by atoms with E-state index in [-0.39, 0.29) is 18.3 Å². The quantitative estimate of drug-likeness (QED) is 0.557. The topological polar surface area (TPSA) is 66.6 Å². The zero-order valence-electron chi connectivity index (χ0n) is 13.0. The number of benzene rings is 2. The molecule has 6 heteroatoms. The van der Waals surface area contributed by atoms with Crippen LogP contribution in [0, 0.1) is 5.82 Å². The van der Waals surface area contributed by atoms with Crippen LogP contribution in [-0.2, 0) is 4.79 Å². The van der Waals surface area contributed by atoms with Crippen LogP contribution in [0.5, 0.6) is 0 Å². The molecule has 0 radical (unpaired) electrons. The number of para-hydroxylation sites is 1. The smallest absolute Gasteiger partial charge is 0.259 e. The summed E-state index contributed by atoms with van der Waals surface area (Å²) in [6.07, 6.45) is 0. The van der Waals surface area contributed by atoms with Crippen LogP contribution in [0.25, 0.3) is 11.0 Å². The molecule has 122 valence electrons. The minimum atomic E-state index is -0.323. The lowest BCUT2D eigenvalue weighted by molar-refractivity contribution is -0.119. The normalized spacial score (nSPS) is 11.5. The van der Waals surface area contributed by atoms with E-state index in [1.807, 2.05) is 30.3 Å². The van der Waals surface area contributed by atoms with Crippen LogP contribution in [0.1, 0.15) is 12.7 Å². The number of rotatable bonds is 5. The number of furan rings is 1. The highest BCUT2D eigenvalue weighted by Crippen LogP contribution is 2.19. The van der Waals surface area contributed by atoms with Gasteiger partial charge in [-0.3, -0.25) is 4.79 Å². The van der Waals surface area contributed by atoms with Crippen molar-refractivity contribution in [3.05, 3.63) is 66.2 Å².